The van der Waals surface area contributed by atoms with Gasteiger partial charge in [-0.1, -0.05) is 12.1 Å². The Balaban J connectivity index is 2.62. The number of benzene rings is 1. The van der Waals surface area contributed by atoms with E-state index in [0.29, 0.717) is 11.3 Å². The number of hydrogen-bond acceptors (Lipinski definition) is 5. The largest absolute Gasteiger partial charge is 0.469 e. The van der Waals surface area contributed by atoms with Gasteiger partial charge < -0.3 is 9.84 Å². The van der Waals surface area contributed by atoms with Crippen molar-refractivity contribution in [1.82, 2.24) is 0 Å². The van der Waals surface area contributed by atoms with E-state index < -0.39 is 22.1 Å². The number of nitrogens with one attached hydrogen (secondary N) is 1. The SMILES string of the molecule is COC(=O)CCCS(=O)(=O)Nc1cccc(C(C)O)c1. The summed E-state index contributed by atoms with van der Waals surface area (Å²) in [6, 6.07) is 6.54. The van der Waals surface area contributed by atoms with Crippen LogP contribution < -0.4 is 4.72 Å². The number of sulfonamides is 1. The molecular formula is C13H19NO5S. The van der Waals surface area contributed by atoms with Crippen LogP contribution in [0, 0.1) is 0 Å². The lowest BCUT2D eigenvalue weighted by atomic mass is 10.1. The number of anilines is 1. The molecule has 1 rings (SSSR count). The van der Waals surface area contributed by atoms with Crippen molar-refractivity contribution in [2.24, 2.45) is 0 Å². The summed E-state index contributed by atoms with van der Waals surface area (Å²) in [5.41, 5.74) is 1.02. The first-order chi connectivity index (χ1) is 9.34. The molecule has 0 fully saturated rings. The molecule has 1 atom stereocenters. The molecule has 1 unspecified atom stereocenters. The van der Waals surface area contributed by atoms with Crippen LogP contribution in [0.15, 0.2) is 24.3 Å². The van der Waals surface area contributed by atoms with Crippen LogP contribution in [-0.2, 0) is 19.6 Å². The lowest BCUT2D eigenvalue weighted by Gasteiger charge is -2.10. The normalized spacial score (nSPS) is 12.8. The molecule has 2 N–H and O–H groups in total. The molecule has 0 bridgehead atoms. The Hall–Kier alpha value is -1.60. The maximum atomic E-state index is 11.8. The second kappa shape index (κ2) is 7.25. The van der Waals surface area contributed by atoms with Gasteiger partial charge in [-0.25, -0.2) is 8.42 Å². The molecule has 0 radical (unpaired) electrons. The van der Waals surface area contributed by atoms with Gasteiger partial charge in [-0.2, -0.15) is 0 Å². The van der Waals surface area contributed by atoms with Crippen LogP contribution in [0.5, 0.6) is 0 Å². The van der Waals surface area contributed by atoms with Gasteiger partial charge in [-0.05, 0) is 31.0 Å². The maximum Gasteiger partial charge on any atom is 0.305 e. The Morgan fingerprint density at radius 3 is 2.75 bits per heavy atom. The fraction of sp³-hybridized carbons (Fsp3) is 0.462. The molecule has 0 aliphatic rings. The van der Waals surface area contributed by atoms with Crippen molar-refractivity contribution in [3.63, 3.8) is 0 Å². The predicted octanol–water partition coefficient (Wildman–Crippen LogP) is 1.43. The quantitative estimate of drug-likeness (QED) is 0.743. The monoisotopic (exact) mass is 301 g/mol. The third-order valence-corrected chi connectivity index (χ3v) is 4.04. The average molecular weight is 301 g/mol. The highest BCUT2D eigenvalue weighted by Gasteiger charge is 2.12. The molecule has 20 heavy (non-hydrogen) atoms. The number of hydrogen-bond donors (Lipinski definition) is 2. The second-order valence-electron chi connectivity index (χ2n) is 4.40. The first kappa shape index (κ1) is 16.5. The highest BCUT2D eigenvalue weighted by Crippen LogP contribution is 2.18. The van der Waals surface area contributed by atoms with E-state index in [1.165, 1.54) is 7.11 Å². The summed E-state index contributed by atoms with van der Waals surface area (Å²) in [5.74, 6) is -0.600. The van der Waals surface area contributed by atoms with Crippen LogP contribution in [0.3, 0.4) is 0 Å². The summed E-state index contributed by atoms with van der Waals surface area (Å²) in [6.07, 6.45) is -0.415. The Morgan fingerprint density at radius 1 is 1.45 bits per heavy atom. The molecule has 0 amide bonds. The Bertz CT molecular complexity index is 554. The van der Waals surface area contributed by atoms with Crippen molar-refractivity contribution < 1.29 is 23.1 Å². The summed E-state index contributed by atoms with van der Waals surface area (Å²) >= 11 is 0. The number of aliphatic hydroxyl groups is 1. The molecule has 6 nitrogen and oxygen atoms in total. The molecule has 0 heterocycles. The molecule has 1 aromatic carbocycles. The van der Waals surface area contributed by atoms with E-state index in [-0.39, 0.29) is 18.6 Å². The van der Waals surface area contributed by atoms with Crippen molar-refractivity contribution in [1.29, 1.82) is 0 Å². The Kier molecular flexibility index (Phi) is 5.97. The third-order valence-electron chi connectivity index (χ3n) is 2.66. The molecule has 1 aromatic rings. The van der Waals surface area contributed by atoms with Crippen LogP contribution in [-0.4, -0.2) is 32.4 Å². The summed E-state index contributed by atoms with van der Waals surface area (Å²) in [6.45, 7) is 1.60. The van der Waals surface area contributed by atoms with E-state index >= 15 is 0 Å². The number of carbonyl (C=O) groups excluding carboxylic acids is 1. The summed E-state index contributed by atoms with van der Waals surface area (Å²) in [7, 11) is -2.26. The fourth-order valence-electron chi connectivity index (χ4n) is 1.60. The van der Waals surface area contributed by atoms with E-state index in [1.807, 2.05) is 0 Å². The van der Waals surface area contributed by atoms with E-state index in [9.17, 15) is 18.3 Å². The van der Waals surface area contributed by atoms with E-state index in [2.05, 4.69) is 9.46 Å². The number of rotatable bonds is 7. The van der Waals surface area contributed by atoms with E-state index in [1.54, 1.807) is 31.2 Å². The summed E-state index contributed by atoms with van der Waals surface area (Å²) in [4.78, 5) is 10.9. The van der Waals surface area contributed by atoms with Crippen LogP contribution in [0.4, 0.5) is 5.69 Å². The summed E-state index contributed by atoms with van der Waals surface area (Å²) in [5, 5.41) is 9.45. The van der Waals surface area contributed by atoms with Crippen molar-refractivity contribution in [3.05, 3.63) is 29.8 Å². The Labute approximate surface area is 118 Å². The first-order valence-electron chi connectivity index (χ1n) is 6.19. The summed E-state index contributed by atoms with van der Waals surface area (Å²) < 4.78 is 30.5. The Morgan fingerprint density at radius 2 is 2.15 bits per heavy atom. The van der Waals surface area contributed by atoms with Gasteiger partial charge in [0.15, 0.2) is 0 Å². The zero-order valence-electron chi connectivity index (χ0n) is 11.5. The number of carbonyl (C=O) groups is 1. The van der Waals surface area contributed by atoms with E-state index in [0.717, 1.165) is 0 Å². The molecule has 0 saturated heterocycles. The highest BCUT2D eigenvalue weighted by atomic mass is 32.2. The second-order valence-corrected chi connectivity index (χ2v) is 6.24. The standard InChI is InChI=1S/C13H19NO5S/c1-10(15)11-5-3-6-12(9-11)14-20(17,18)8-4-7-13(16)19-2/h3,5-6,9-10,14-15H,4,7-8H2,1-2H3. The third kappa shape index (κ3) is 5.58. The number of methoxy groups -OCH3 is 1. The molecular weight excluding hydrogens is 282 g/mol. The molecule has 0 aromatic heterocycles. The van der Waals surface area contributed by atoms with Crippen LogP contribution in [0.2, 0.25) is 0 Å². The number of esters is 1. The van der Waals surface area contributed by atoms with Crippen molar-refractivity contribution in [3.8, 4) is 0 Å². The predicted molar refractivity (Wildman–Crippen MR) is 75.7 cm³/mol. The molecule has 0 saturated carbocycles. The molecule has 112 valence electrons. The lowest BCUT2D eigenvalue weighted by molar-refractivity contribution is -0.140. The minimum Gasteiger partial charge on any atom is -0.469 e. The molecule has 0 aliphatic heterocycles. The van der Waals surface area contributed by atoms with Crippen LogP contribution in [0.25, 0.3) is 0 Å². The van der Waals surface area contributed by atoms with Gasteiger partial charge in [0.25, 0.3) is 0 Å². The maximum absolute atomic E-state index is 11.8. The van der Waals surface area contributed by atoms with Gasteiger partial charge in [0.2, 0.25) is 10.0 Å². The average Bonchev–Trinajstić information content (AvgIpc) is 2.37. The van der Waals surface area contributed by atoms with Crippen molar-refractivity contribution in [2.75, 3.05) is 17.6 Å². The van der Waals surface area contributed by atoms with Crippen molar-refractivity contribution in [2.45, 2.75) is 25.9 Å². The van der Waals surface area contributed by atoms with Gasteiger partial charge >= 0.3 is 5.97 Å². The van der Waals surface area contributed by atoms with E-state index in [4.69, 9.17) is 0 Å². The first-order valence-corrected chi connectivity index (χ1v) is 7.84. The number of aliphatic hydroxyl groups excluding tert-OH is 1. The van der Waals surface area contributed by atoms with Crippen molar-refractivity contribution >= 4 is 21.7 Å². The van der Waals surface area contributed by atoms with Gasteiger partial charge in [0, 0.05) is 12.1 Å². The zero-order valence-corrected chi connectivity index (χ0v) is 12.3. The van der Waals surface area contributed by atoms with Gasteiger partial charge in [0.05, 0.1) is 19.0 Å². The smallest absolute Gasteiger partial charge is 0.305 e. The zero-order chi connectivity index (χ0) is 15.2. The lowest BCUT2D eigenvalue weighted by Crippen LogP contribution is -2.17. The minimum absolute atomic E-state index is 0.0606. The molecule has 7 heteroatoms. The molecule has 0 spiro atoms. The van der Waals surface area contributed by atoms with Gasteiger partial charge in [-0.15, -0.1) is 0 Å². The van der Waals surface area contributed by atoms with Gasteiger partial charge in [0.1, 0.15) is 0 Å². The number of ether oxygens (including phenoxy) is 1. The van der Waals surface area contributed by atoms with Gasteiger partial charge in [-0.3, -0.25) is 9.52 Å². The highest BCUT2D eigenvalue weighted by molar-refractivity contribution is 7.92. The van der Waals surface area contributed by atoms with Crippen LogP contribution in [0.1, 0.15) is 31.4 Å². The van der Waals surface area contributed by atoms with Crippen LogP contribution >= 0.6 is 0 Å². The molecule has 0 aliphatic carbocycles. The minimum atomic E-state index is -3.52. The topological polar surface area (TPSA) is 92.7 Å². The fourth-order valence-corrected chi connectivity index (χ4v) is 2.71.